The standard InChI is InChI=1S/C17H41N5P/c1-8-19(9-2)23(20(10-3)11-4,21(12-5)13-6)22-16-14-18(7)15-17-22/h8-17H2,1-7H3/q+1. The van der Waals surface area contributed by atoms with Crippen LogP contribution in [0.5, 0.6) is 0 Å². The van der Waals surface area contributed by atoms with E-state index in [1.54, 1.807) is 0 Å². The summed E-state index contributed by atoms with van der Waals surface area (Å²) in [6.07, 6.45) is 0. The Balaban J connectivity index is 3.37. The monoisotopic (exact) mass is 346 g/mol. The van der Waals surface area contributed by atoms with E-state index in [0.29, 0.717) is 0 Å². The fourth-order valence-electron chi connectivity index (χ4n) is 3.95. The highest BCUT2D eigenvalue weighted by molar-refractivity contribution is 7.66. The topological polar surface area (TPSA) is 16.2 Å². The van der Waals surface area contributed by atoms with Crippen molar-refractivity contribution in [2.45, 2.75) is 41.5 Å². The molecule has 0 atom stereocenters. The van der Waals surface area contributed by atoms with Gasteiger partial charge in [-0.25, -0.2) is 0 Å². The van der Waals surface area contributed by atoms with E-state index in [1.807, 2.05) is 0 Å². The maximum absolute atomic E-state index is 2.85. The molecule has 0 aromatic carbocycles. The molecule has 138 valence electrons. The molecular weight excluding hydrogens is 305 g/mol. The van der Waals surface area contributed by atoms with Crippen molar-refractivity contribution in [1.29, 1.82) is 0 Å². The Morgan fingerprint density at radius 2 is 0.913 bits per heavy atom. The predicted octanol–water partition coefficient (Wildman–Crippen LogP) is 2.94. The molecule has 0 saturated carbocycles. The summed E-state index contributed by atoms with van der Waals surface area (Å²) in [5.41, 5.74) is 0. The first-order valence-electron chi connectivity index (χ1n) is 9.65. The SMILES string of the molecule is CCN(CC)[P+](N(CC)CC)(N(CC)CC)N1CCN(C)CC1. The zero-order valence-electron chi connectivity index (χ0n) is 16.8. The van der Waals surface area contributed by atoms with Crippen LogP contribution in [0.2, 0.25) is 0 Å². The van der Waals surface area contributed by atoms with Crippen LogP contribution in [0.25, 0.3) is 0 Å². The molecule has 0 aromatic heterocycles. The van der Waals surface area contributed by atoms with Gasteiger partial charge in [-0.15, -0.1) is 18.7 Å². The summed E-state index contributed by atoms with van der Waals surface area (Å²) >= 11 is 0. The third-order valence-corrected chi connectivity index (χ3v) is 10.3. The lowest BCUT2D eigenvalue weighted by Gasteiger charge is -2.52. The molecule has 0 aromatic rings. The minimum absolute atomic E-state index is 1.13. The van der Waals surface area contributed by atoms with Gasteiger partial charge in [0.05, 0.1) is 13.1 Å². The number of likely N-dealkylation sites (N-methyl/N-ethyl adjacent to an activating group) is 1. The first-order valence-corrected chi connectivity index (χ1v) is 11.3. The fourth-order valence-corrected chi connectivity index (χ4v) is 9.09. The second-order valence-electron chi connectivity index (χ2n) is 6.21. The second kappa shape index (κ2) is 10.3. The van der Waals surface area contributed by atoms with E-state index < -0.39 is 7.87 Å². The molecule has 0 aliphatic carbocycles. The third-order valence-electron chi connectivity index (χ3n) is 5.19. The molecule has 0 bridgehead atoms. The Labute approximate surface area is 146 Å². The van der Waals surface area contributed by atoms with Gasteiger partial charge < -0.3 is 4.90 Å². The van der Waals surface area contributed by atoms with Crippen LogP contribution in [0.1, 0.15) is 41.5 Å². The lowest BCUT2D eigenvalue weighted by Crippen LogP contribution is -2.57. The minimum atomic E-state index is -1.62. The molecule has 23 heavy (non-hydrogen) atoms. The van der Waals surface area contributed by atoms with Crippen molar-refractivity contribution in [3.8, 4) is 0 Å². The van der Waals surface area contributed by atoms with Crippen LogP contribution < -0.4 is 0 Å². The summed E-state index contributed by atoms with van der Waals surface area (Å²) in [5, 5.41) is 0. The first-order chi connectivity index (χ1) is 11.1. The van der Waals surface area contributed by atoms with E-state index in [0.717, 1.165) is 39.3 Å². The molecule has 6 heteroatoms. The minimum Gasteiger partial charge on any atom is -0.304 e. The van der Waals surface area contributed by atoms with Gasteiger partial charge in [0.2, 0.25) is 0 Å². The molecule has 0 unspecified atom stereocenters. The summed E-state index contributed by atoms with van der Waals surface area (Å²) < 4.78 is 11.2. The largest absolute Gasteiger partial charge is 0.308 e. The number of nitrogens with zero attached hydrogens (tertiary/aromatic N) is 5. The van der Waals surface area contributed by atoms with Crippen molar-refractivity contribution in [2.75, 3.05) is 72.5 Å². The van der Waals surface area contributed by atoms with Crippen molar-refractivity contribution >= 4 is 7.87 Å². The zero-order chi connectivity index (χ0) is 17.5. The molecule has 1 heterocycles. The van der Waals surface area contributed by atoms with Crippen LogP contribution in [0.15, 0.2) is 0 Å². The van der Waals surface area contributed by atoms with Crippen LogP contribution in [-0.2, 0) is 0 Å². The number of rotatable bonds is 10. The lowest BCUT2D eigenvalue weighted by molar-refractivity contribution is 0.182. The van der Waals surface area contributed by atoms with E-state index in [9.17, 15) is 0 Å². The van der Waals surface area contributed by atoms with Gasteiger partial charge in [0.1, 0.15) is 0 Å². The Morgan fingerprint density at radius 3 is 1.17 bits per heavy atom. The molecule has 0 radical (unpaired) electrons. The second-order valence-corrected chi connectivity index (χ2v) is 9.55. The van der Waals surface area contributed by atoms with Crippen LogP contribution in [-0.4, -0.2) is 96.1 Å². The molecule has 1 rings (SSSR count). The molecular formula is C17H41N5P+. The summed E-state index contributed by atoms with van der Waals surface area (Å²) in [6.45, 7) is 25.5. The average molecular weight is 347 g/mol. The van der Waals surface area contributed by atoms with Crippen molar-refractivity contribution in [1.82, 2.24) is 23.6 Å². The normalized spacial score (nSPS) is 18.5. The third kappa shape index (κ3) is 4.26. The van der Waals surface area contributed by atoms with Crippen LogP contribution >= 0.6 is 7.87 Å². The van der Waals surface area contributed by atoms with E-state index in [2.05, 4.69) is 72.2 Å². The fraction of sp³-hybridized carbons (Fsp3) is 1.00. The number of piperazine rings is 1. The first kappa shape index (κ1) is 21.3. The van der Waals surface area contributed by atoms with E-state index >= 15 is 0 Å². The smallest absolute Gasteiger partial charge is 0.304 e. The van der Waals surface area contributed by atoms with Gasteiger partial charge in [-0.05, 0) is 48.6 Å². The van der Waals surface area contributed by atoms with Crippen LogP contribution in [0.3, 0.4) is 0 Å². The van der Waals surface area contributed by atoms with Gasteiger partial charge in [0, 0.05) is 52.4 Å². The summed E-state index contributed by atoms with van der Waals surface area (Å²) in [7, 11) is 0.632. The highest BCUT2D eigenvalue weighted by Gasteiger charge is 2.59. The predicted molar refractivity (Wildman–Crippen MR) is 105 cm³/mol. The molecule has 1 aliphatic rings. The van der Waals surface area contributed by atoms with Gasteiger partial charge in [-0.2, -0.15) is 0 Å². The quantitative estimate of drug-likeness (QED) is 0.564. The zero-order valence-corrected chi connectivity index (χ0v) is 17.6. The Morgan fingerprint density at radius 1 is 0.609 bits per heavy atom. The van der Waals surface area contributed by atoms with Crippen LogP contribution in [0.4, 0.5) is 0 Å². The van der Waals surface area contributed by atoms with Crippen LogP contribution in [0, 0.1) is 0 Å². The molecule has 0 spiro atoms. The average Bonchev–Trinajstić information content (AvgIpc) is 2.58. The highest BCUT2D eigenvalue weighted by atomic mass is 31.2. The lowest BCUT2D eigenvalue weighted by atomic mass is 10.4. The summed E-state index contributed by atoms with van der Waals surface area (Å²) in [6, 6.07) is 0. The van der Waals surface area contributed by atoms with Crippen molar-refractivity contribution < 1.29 is 0 Å². The molecule has 5 nitrogen and oxygen atoms in total. The van der Waals surface area contributed by atoms with Gasteiger partial charge in [-0.3, -0.25) is 0 Å². The van der Waals surface area contributed by atoms with Crippen molar-refractivity contribution in [2.24, 2.45) is 0 Å². The molecule has 1 saturated heterocycles. The van der Waals surface area contributed by atoms with E-state index in [1.165, 1.54) is 26.2 Å². The van der Waals surface area contributed by atoms with Crippen molar-refractivity contribution in [3.05, 3.63) is 0 Å². The summed E-state index contributed by atoms with van der Waals surface area (Å²) in [5.74, 6) is 0. The van der Waals surface area contributed by atoms with Gasteiger partial charge in [0.15, 0.2) is 0 Å². The Kier molecular flexibility index (Phi) is 9.50. The number of hydrogen-bond acceptors (Lipinski definition) is 5. The van der Waals surface area contributed by atoms with E-state index in [4.69, 9.17) is 0 Å². The molecule has 1 fully saturated rings. The van der Waals surface area contributed by atoms with E-state index in [-0.39, 0.29) is 0 Å². The summed E-state index contributed by atoms with van der Waals surface area (Å²) in [4.78, 5) is 2.47. The maximum atomic E-state index is 2.85. The molecule has 0 amide bonds. The van der Waals surface area contributed by atoms with Gasteiger partial charge in [0.25, 0.3) is 0 Å². The highest BCUT2D eigenvalue weighted by Crippen LogP contribution is 2.69. The maximum Gasteiger partial charge on any atom is 0.308 e. The molecule has 1 aliphatic heterocycles. The Bertz CT molecular complexity index is 277. The van der Waals surface area contributed by atoms with Gasteiger partial charge >= 0.3 is 7.87 Å². The number of hydrogen-bond donors (Lipinski definition) is 0. The van der Waals surface area contributed by atoms with Gasteiger partial charge in [-0.1, -0.05) is 0 Å². The Hall–Kier alpha value is 0.230. The molecule has 0 N–H and O–H groups in total. The van der Waals surface area contributed by atoms with Crippen molar-refractivity contribution in [3.63, 3.8) is 0 Å².